The fourth-order valence-corrected chi connectivity index (χ4v) is 1.42. The molecule has 76 valence electrons. The van der Waals surface area contributed by atoms with Crippen LogP contribution in [-0.4, -0.2) is 54.7 Å². The van der Waals surface area contributed by atoms with Gasteiger partial charge in [-0.3, -0.25) is 14.5 Å². The van der Waals surface area contributed by atoms with Gasteiger partial charge in [-0.15, -0.1) is 0 Å². The molecule has 0 aliphatic carbocycles. The van der Waals surface area contributed by atoms with Crippen molar-refractivity contribution in [1.29, 1.82) is 5.26 Å². The van der Waals surface area contributed by atoms with Gasteiger partial charge < -0.3 is 4.90 Å². The molecule has 0 aromatic carbocycles. The van der Waals surface area contributed by atoms with Crippen LogP contribution in [0.3, 0.4) is 0 Å². The Labute approximate surface area is 82.9 Å². The summed E-state index contributed by atoms with van der Waals surface area (Å²) in [6, 6.07) is 1.83. The van der Waals surface area contributed by atoms with Crippen LogP contribution in [0.1, 0.15) is 6.42 Å². The molecule has 0 aromatic heterocycles. The number of carbonyl (C=O) groups is 2. The summed E-state index contributed by atoms with van der Waals surface area (Å²) in [7, 11) is 0. The van der Waals surface area contributed by atoms with Gasteiger partial charge in [0.1, 0.15) is 0 Å². The van der Waals surface area contributed by atoms with Gasteiger partial charge in [0, 0.05) is 26.2 Å². The molecule has 1 aliphatic rings. The fraction of sp³-hybridized carbons (Fsp3) is 0.667. The van der Waals surface area contributed by atoms with Crippen molar-refractivity contribution in [3.05, 3.63) is 0 Å². The average molecular weight is 195 g/mol. The van der Waals surface area contributed by atoms with E-state index in [-0.39, 0.29) is 12.2 Å². The molecule has 1 saturated heterocycles. The highest BCUT2D eigenvalue weighted by Gasteiger charge is 2.17. The zero-order chi connectivity index (χ0) is 10.4. The number of amides is 1. The van der Waals surface area contributed by atoms with Crippen molar-refractivity contribution in [2.24, 2.45) is 0 Å². The third kappa shape index (κ3) is 3.15. The van der Waals surface area contributed by atoms with Crippen LogP contribution >= 0.6 is 0 Å². The van der Waals surface area contributed by atoms with Crippen LogP contribution in [0.15, 0.2) is 0 Å². The quantitative estimate of drug-likeness (QED) is 0.553. The van der Waals surface area contributed by atoms with E-state index in [4.69, 9.17) is 5.26 Å². The number of piperazine rings is 1. The lowest BCUT2D eigenvalue weighted by Gasteiger charge is -2.31. The largest absolute Gasteiger partial charge is 0.343 e. The number of carbonyl (C=O) groups excluding carboxylic acids is 2. The summed E-state index contributed by atoms with van der Waals surface area (Å²) in [5.74, 6) is -0.0490. The predicted octanol–water partition coefficient (Wildman–Crippen LogP) is -0.757. The van der Waals surface area contributed by atoms with Crippen molar-refractivity contribution in [3.63, 3.8) is 0 Å². The summed E-state index contributed by atoms with van der Waals surface area (Å²) in [4.78, 5) is 25.2. The van der Waals surface area contributed by atoms with Crippen LogP contribution in [-0.2, 0) is 9.59 Å². The van der Waals surface area contributed by atoms with Crippen molar-refractivity contribution >= 4 is 12.2 Å². The minimum absolute atomic E-state index is 0.0199. The maximum atomic E-state index is 11.1. The van der Waals surface area contributed by atoms with Crippen molar-refractivity contribution in [2.45, 2.75) is 6.42 Å². The Balaban J connectivity index is 2.25. The molecule has 1 heterocycles. The Hall–Kier alpha value is -1.41. The van der Waals surface area contributed by atoms with Gasteiger partial charge in [0.25, 0.3) is 0 Å². The summed E-state index contributed by atoms with van der Waals surface area (Å²) >= 11 is 0. The first kappa shape index (κ1) is 10.7. The Morgan fingerprint density at radius 3 is 2.50 bits per heavy atom. The third-order valence-electron chi connectivity index (χ3n) is 2.23. The lowest BCUT2D eigenvalue weighted by atomic mass is 10.2. The van der Waals surface area contributed by atoms with Crippen LogP contribution in [0.25, 0.3) is 0 Å². The van der Waals surface area contributed by atoms with E-state index < -0.39 is 0 Å². The summed E-state index contributed by atoms with van der Waals surface area (Å²) in [5, 5.41) is 8.30. The Kier molecular flexibility index (Phi) is 4.08. The highest BCUT2D eigenvalue weighted by atomic mass is 16.1. The van der Waals surface area contributed by atoms with Crippen LogP contribution in [0.4, 0.5) is 0 Å². The maximum Gasteiger partial charge on any atom is 0.209 e. The van der Waals surface area contributed by atoms with E-state index in [9.17, 15) is 9.59 Å². The monoisotopic (exact) mass is 195 g/mol. The average Bonchev–Trinajstić information content (AvgIpc) is 2.19. The maximum absolute atomic E-state index is 11.1. The molecule has 5 heteroatoms. The van der Waals surface area contributed by atoms with Crippen LogP contribution in [0.5, 0.6) is 0 Å². The van der Waals surface area contributed by atoms with E-state index in [1.165, 1.54) is 0 Å². The highest BCUT2D eigenvalue weighted by molar-refractivity contribution is 5.82. The molecule has 0 bridgehead atoms. The molecular weight excluding hydrogens is 182 g/mol. The van der Waals surface area contributed by atoms with Crippen molar-refractivity contribution in [2.75, 3.05) is 32.7 Å². The topological polar surface area (TPSA) is 64.4 Å². The molecule has 5 nitrogen and oxygen atoms in total. The first-order chi connectivity index (χ1) is 6.76. The molecule has 1 rings (SSSR count). The number of nitrogens with zero attached hydrogens (tertiary/aromatic N) is 3. The Bertz CT molecular complexity index is 251. The molecule has 0 spiro atoms. The van der Waals surface area contributed by atoms with Crippen LogP contribution < -0.4 is 0 Å². The lowest BCUT2D eigenvalue weighted by molar-refractivity contribution is -0.121. The van der Waals surface area contributed by atoms with E-state index in [1.54, 1.807) is 4.90 Å². The van der Waals surface area contributed by atoms with Gasteiger partial charge in [0.15, 0.2) is 5.78 Å². The van der Waals surface area contributed by atoms with Gasteiger partial charge in [0.05, 0.1) is 19.0 Å². The van der Waals surface area contributed by atoms with Crippen molar-refractivity contribution in [3.8, 4) is 6.07 Å². The smallest absolute Gasteiger partial charge is 0.209 e. The highest BCUT2D eigenvalue weighted by Crippen LogP contribution is 1.99. The fourth-order valence-electron chi connectivity index (χ4n) is 1.42. The molecule has 0 aromatic rings. The Morgan fingerprint density at radius 2 is 2.00 bits per heavy atom. The summed E-state index contributed by atoms with van der Waals surface area (Å²) in [6.07, 6.45) is 0.808. The zero-order valence-corrected chi connectivity index (χ0v) is 7.98. The lowest BCUT2D eigenvalue weighted by Crippen LogP contribution is -2.47. The van der Waals surface area contributed by atoms with Gasteiger partial charge in [-0.1, -0.05) is 0 Å². The number of ketones is 1. The second kappa shape index (κ2) is 5.35. The number of Topliss-reactive ketones (excluding diaryl/α,β-unsaturated/α-hetero) is 1. The standard InChI is InChI=1S/C9H13N3O2/c10-2-1-9(14)7-11-3-5-12(8-13)6-4-11/h8H,1,3-7H2. The SMILES string of the molecule is N#CCC(=O)CN1CCN(C=O)CC1. The van der Waals surface area contributed by atoms with Crippen molar-refractivity contribution in [1.82, 2.24) is 9.80 Å². The molecule has 0 N–H and O–H groups in total. The minimum Gasteiger partial charge on any atom is -0.343 e. The second-order valence-electron chi connectivity index (χ2n) is 3.29. The van der Waals surface area contributed by atoms with E-state index in [0.717, 1.165) is 19.5 Å². The molecule has 1 amide bonds. The molecule has 0 atom stereocenters. The first-order valence-electron chi connectivity index (χ1n) is 4.56. The number of rotatable bonds is 4. The predicted molar refractivity (Wildman–Crippen MR) is 49.3 cm³/mol. The van der Waals surface area contributed by atoms with Gasteiger partial charge in [-0.05, 0) is 0 Å². The molecular formula is C9H13N3O2. The van der Waals surface area contributed by atoms with Crippen molar-refractivity contribution < 1.29 is 9.59 Å². The van der Waals surface area contributed by atoms with Gasteiger partial charge in [-0.2, -0.15) is 5.26 Å². The molecule has 14 heavy (non-hydrogen) atoms. The number of nitriles is 1. The van der Waals surface area contributed by atoms with E-state index >= 15 is 0 Å². The normalized spacial score (nSPS) is 17.5. The summed E-state index contributed by atoms with van der Waals surface area (Å²) < 4.78 is 0. The minimum atomic E-state index is -0.0490. The summed E-state index contributed by atoms with van der Waals surface area (Å²) in [6.45, 7) is 3.11. The third-order valence-corrected chi connectivity index (χ3v) is 2.23. The van der Waals surface area contributed by atoms with E-state index in [1.807, 2.05) is 11.0 Å². The zero-order valence-electron chi connectivity index (χ0n) is 7.98. The molecule has 1 fully saturated rings. The van der Waals surface area contributed by atoms with Gasteiger partial charge in [-0.25, -0.2) is 0 Å². The molecule has 0 unspecified atom stereocenters. The second-order valence-corrected chi connectivity index (χ2v) is 3.29. The number of hydrogen-bond acceptors (Lipinski definition) is 4. The van der Waals surface area contributed by atoms with E-state index in [2.05, 4.69) is 0 Å². The van der Waals surface area contributed by atoms with Crippen LogP contribution in [0.2, 0.25) is 0 Å². The first-order valence-corrected chi connectivity index (χ1v) is 4.56. The summed E-state index contributed by atoms with van der Waals surface area (Å²) in [5.41, 5.74) is 0. The van der Waals surface area contributed by atoms with Crippen LogP contribution in [0, 0.1) is 11.3 Å². The van der Waals surface area contributed by atoms with Gasteiger partial charge >= 0.3 is 0 Å². The number of hydrogen-bond donors (Lipinski definition) is 0. The van der Waals surface area contributed by atoms with E-state index in [0.29, 0.717) is 19.6 Å². The Morgan fingerprint density at radius 1 is 1.36 bits per heavy atom. The molecule has 0 radical (unpaired) electrons. The molecule has 1 aliphatic heterocycles. The van der Waals surface area contributed by atoms with Gasteiger partial charge in [0.2, 0.25) is 6.41 Å². The molecule has 0 saturated carbocycles.